The third-order valence-corrected chi connectivity index (χ3v) is 3.63. The van der Waals surface area contributed by atoms with Gasteiger partial charge in [0.25, 0.3) is 0 Å². The van der Waals surface area contributed by atoms with Gasteiger partial charge in [-0.3, -0.25) is 0 Å². The van der Waals surface area contributed by atoms with E-state index in [0.717, 1.165) is 6.07 Å². The third-order valence-electron chi connectivity index (χ3n) is 2.79. The highest BCUT2D eigenvalue weighted by molar-refractivity contribution is 6.36. The Morgan fingerprint density at radius 3 is 2.39 bits per heavy atom. The molecule has 3 nitrogen and oxygen atoms in total. The van der Waals surface area contributed by atoms with Gasteiger partial charge in [-0.1, -0.05) is 40.9 Å². The van der Waals surface area contributed by atoms with Gasteiger partial charge in [-0.25, -0.2) is 9.99 Å². The highest BCUT2D eigenvalue weighted by atomic mass is 35.5. The molecule has 0 saturated heterocycles. The number of benzene rings is 1. The van der Waals surface area contributed by atoms with Gasteiger partial charge in [0.2, 0.25) is 0 Å². The molecule has 0 atom stereocenters. The van der Waals surface area contributed by atoms with E-state index in [2.05, 4.69) is 10.1 Å². The summed E-state index contributed by atoms with van der Waals surface area (Å²) in [5.41, 5.74) is -0.338. The summed E-state index contributed by atoms with van der Waals surface area (Å²) in [5, 5.41) is 6.01. The van der Waals surface area contributed by atoms with Crippen LogP contribution in [0.25, 0.3) is 0 Å². The minimum absolute atomic E-state index is 0.0843. The molecule has 0 fully saturated rings. The summed E-state index contributed by atoms with van der Waals surface area (Å²) in [6.07, 6.45) is -2.38. The average Bonchev–Trinajstić information content (AvgIpc) is 2.45. The molecule has 122 valence electrons. The van der Waals surface area contributed by atoms with Crippen LogP contribution in [0.1, 0.15) is 11.1 Å². The van der Waals surface area contributed by atoms with Crippen molar-refractivity contribution in [2.45, 2.75) is 6.18 Å². The zero-order valence-electron chi connectivity index (χ0n) is 11.6. The topological polar surface area (TPSA) is 28.5 Å². The molecule has 2 rings (SSSR count). The summed E-state index contributed by atoms with van der Waals surface area (Å²) in [7, 11) is 1.50. The van der Waals surface area contributed by atoms with Gasteiger partial charge in [-0.15, -0.1) is 0 Å². The van der Waals surface area contributed by atoms with E-state index >= 15 is 0 Å². The number of hydrazone groups is 1. The maximum atomic E-state index is 12.6. The van der Waals surface area contributed by atoms with Crippen LogP contribution in [-0.2, 0) is 6.18 Å². The second kappa shape index (κ2) is 6.95. The zero-order chi connectivity index (χ0) is 17.2. The van der Waals surface area contributed by atoms with Crippen LogP contribution in [0.5, 0.6) is 0 Å². The SMILES string of the molecule is CN(N=Cc1ccc(Cl)cc1Cl)c1ncc(C(F)(F)F)cc1Cl. The molecule has 0 saturated carbocycles. The summed E-state index contributed by atoms with van der Waals surface area (Å²) in [6.45, 7) is 0. The van der Waals surface area contributed by atoms with Crippen molar-refractivity contribution in [3.63, 3.8) is 0 Å². The summed E-state index contributed by atoms with van der Waals surface area (Å²) in [4.78, 5) is 3.70. The molecule has 0 amide bonds. The first kappa shape index (κ1) is 17.8. The van der Waals surface area contributed by atoms with E-state index in [0.29, 0.717) is 21.8 Å². The van der Waals surface area contributed by atoms with Crippen molar-refractivity contribution in [1.82, 2.24) is 4.98 Å². The number of halogens is 6. The number of pyridine rings is 1. The molecule has 0 bridgehead atoms. The molecule has 0 N–H and O–H groups in total. The number of anilines is 1. The molecule has 0 aliphatic rings. The fourth-order valence-electron chi connectivity index (χ4n) is 1.63. The molecule has 0 radical (unpaired) electrons. The molecule has 2 aromatic rings. The van der Waals surface area contributed by atoms with Crippen molar-refractivity contribution in [2.75, 3.05) is 12.1 Å². The van der Waals surface area contributed by atoms with E-state index in [1.54, 1.807) is 18.2 Å². The number of aromatic nitrogens is 1. The Morgan fingerprint density at radius 2 is 1.83 bits per heavy atom. The van der Waals surface area contributed by atoms with Crippen molar-refractivity contribution >= 4 is 46.8 Å². The molecule has 0 aliphatic carbocycles. The van der Waals surface area contributed by atoms with Crippen molar-refractivity contribution in [2.24, 2.45) is 5.10 Å². The van der Waals surface area contributed by atoms with E-state index < -0.39 is 11.7 Å². The lowest BCUT2D eigenvalue weighted by Gasteiger charge is -2.15. The smallest absolute Gasteiger partial charge is 0.250 e. The van der Waals surface area contributed by atoms with Crippen molar-refractivity contribution in [1.29, 1.82) is 0 Å². The van der Waals surface area contributed by atoms with Gasteiger partial charge in [0.15, 0.2) is 5.82 Å². The second-order valence-corrected chi connectivity index (χ2v) is 5.71. The molecule has 0 spiro atoms. The fourth-order valence-corrected chi connectivity index (χ4v) is 2.38. The zero-order valence-corrected chi connectivity index (χ0v) is 13.8. The highest BCUT2D eigenvalue weighted by Crippen LogP contribution is 2.33. The number of hydrogen-bond acceptors (Lipinski definition) is 3. The number of hydrogen-bond donors (Lipinski definition) is 0. The first-order valence-corrected chi connectivity index (χ1v) is 7.27. The van der Waals surface area contributed by atoms with Gasteiger partial charge in [0.1, 0.15) is 0 Å². The molecule has 9 heteroatoms. The minimum Gasteiger partial charge on any atom is -0.250 e. The van der Waals surface area contributed by atoms with Gasteiger partial charge in [0.05, 0.1) is 21.8 Å². The Labute approximate surface area is 145 Å². The first-order chi connectivity index (χ1) is 10.7. The van der Waals surface area contributed by atoms with Crippen LogP contribution in [0, 0.1) is 0 Å². The molecular formula is C14H9Cl3F3N3. The average molecular weight is 383 g/mol. The van der Waals surface area contributed by atoms with E-state index in [4.69, 9.17) is 34.8 Å². The maximum Gasteiger partial charge on any atom is 0.417 e. The van der Waals surface area contributed by atoms with Crippen molar-refractivity contribution in [3.05, 3.63) is 56.7 Å². The van der Waals surface area contributed by atoms with Crippen LogP contribution in [0.2, 0.25) is 15.1 Å². The third kappa shape index (κ3) is 4.50. The number of alkyl halides is 3. The summed E-state index contributed by atoms with van der Waals surface area (Å²) < 4.78 is 37.7. The quantitative estimate of drug-likeness (QED) is 0.516. The lowest BCUT2D eigenvalue weighted by Crippen LogP contribution is -2.13. The number of nitrogens with zero attached hydrogens (tertiary/aromatic N) is 3. The Hall–Kier alpha value is -1.50. The van der Waals surface area contributed by atoms with E-state index in [9.17, 15) is 13.2 Å². The summed E-state index contributed by atoms with van der Waals surface area (Å²) >= 11 is 17.6. The highest BCUT2D eigenvalue weighted by Gasteiger charge is 2.31. The Balaban J connectivity index is 2.23. The lowest BCUT2D eigenvalue weighted by atomic mass is 10.2. The Bertz CT molecular complexity index is 748. The van der Waals surface area contributed by atoms with Crippen LogP contribution < -0.4 is 5.01 Å². The molecular weight excluding hydrogens is 374 g/mol. The molecule has 1 aromatic carbocycles. The van der Waals surface area contributed by atoms with Gasteiger partial charge < -0.3 is 0 Å². The normalized spacial score (nSPS) is 12.0. The first-order valence-electron chi connectivity index (χ1n) is 6.14. The maximum absolute atomic E-state index is 12.6. The van der Waals surface area contributed by atoms with Gasteiger partial charge in [-0.2, -0.15) is 18.3 Å². The van der Waals surface area contributed by atoms with Crippen molar-refractivity contribution < 1.29 is 13.2 Å². The molecule has 23 heavy (non-hydrogen) atoms. The van der Waals surface area contributed by atoms with E-state index in [1.165, 1.54) is 18.3 Å². The summed E-state index contributed by atoms with van der Waals surface area (Å²) in [6, 6.07) is 5.64. The Kier molecular flexibility index (Phi) is 5.39. The van der Waals surface area contributed by atoms with Gasteiger partial charge in [0, 0.05) is 23.8 Å². The predicted octanol–water partition coefficient (Wildman–Crippen LogP) is 5.53. The van der Waals surface area contributed by atoms with Crippen molar-refractivity contribution in [3.8, 4) is 0 Å². The summed E-state index contributed by atoms with van der Waals surface area (Å²) in [5.74, 6) is 0.0843. The van der Waals surface area contributed by atoms with Crippen LogP contribution in [0.4, 0.5) is 19.0 Å². The predicted molar refractivity (Wildman–Crippen MR) is 86.7 cm³/mol. The standard InChI is InChI=1S/C14H9Cl3F3N3/c1-23(22-6-8-2-3-10(15)5-11(8)16)13-12(17)4-9(7-21-13)14(18,19)20/h2-7H,1H3. The van der Waals surface area contributed by atoms with E-state index in [-0.39, 0.29) is 10.8 Å². The van der Waals surface area contributed by atoms with Crippen LogP contribution in [0.15, 0.2) is 35.6 Å². The van der Waals surface area contributed by atoms with Crippen LogP contribution in [-0.4, -0.2) is 18.2 Å². The van der Waals surface area contributed by atoms with E-state index in [1.807, 2.05) is 0 Å². The monoisotopic (exact) mass is 381 g/mol. The Morgan fingerprint density at radius 1 is 1.13 bits per heavy atom. The molecule has 0 unspecified atom stereocenters. The number of rotatable bonds is 3. The van der Waals surface area contributed by atoms with Gasteiger partial charge >= 0.3 is 6.18 Å². The molecule has 1 aromatic heterocycles. The minimum atomic E-state index is -4.51. The largest absolute Gasteiger partial charge is 0.417 e. The molecule has 0 aliphatic heterocycles. The van der Waals surface area contributed by atoms with Crippen LogP contribution >= 0.6 is 34.8 Å². The van der Waals surface area contributed by atoms with Gasteiger partial charge in [-0.05, 0) is 18.2 Å². The second-order valence-electron chi connectivity index (χ2n) is 4.46. The lowest BCUT2D eigenvalue weighted by molar-refractivity contribution is -0.137. The molecule has 1 heterocycles. The van der Waals surface area contributed by atoms with Crippen LogP contribution in [0.3, 0.4) is 0 Å². The fraction of sp³-hybridized carbons (Fsp3) is 0.143.